The Kier molecular flexibility index (Phi) is 9.36. The lowest BCUT2D eigenvalue weighted by molar-refractivity contribution is 0.334. The van der Waals surface area contributed by atoms with Crippen molar-refractivity contribution in [2.75, 3.05) is 0 Å². The van der Waals surface area contributed by atoms with Crippen molar-refractivity contribution < 1.29 is 28.7 Å². The summed E-state index contributed by atoms with van der Waals surface area (Å²) in [4.78, 5) is 36.7. The van der Waals surface area contributed by atoms with Crippen LogP contribution in [0.25, 0.3) is 6.08 Å². The van der Waals surface area contributed by atoms with E-state index in [1.54, 1.807) is 0 Å². The first-order valence-electron chi connectivity index (χ1n) is 8.89. The minimum Gasteiger partial charge on any atom is -0.324 e. The summed E-state index contributed by atoms with van der Waals surface area (Å²) >= 11 is 0. The van der Waals surface area contributed by atoms with Crippen molar-refractivity contribution in [3.05, 3.63) is 52.6 Å². The fraction of sp³-hybridized carbons (Fsp3) is 0.474. The summed E-state index contributed by atoms with van der Waals surface area (Å²) in [6.07, 6.45) is 6.83. The second kappa shape index (κ2) is 10.5. The lowest BCUT2D eigenvalue weighted by Crippen LogP contribution is -2.09. The van der Waals surface area contributed by atoms with Gasteiger partial charge in [-0.05, 0) is 64.0 Å². The Morgan fingerprint density at radius 3 is 2.26 bits per heavy atom. The van der Waals surface area contributed by atoms with Gasteiger partial charge in [-0.15, -0.1) is 0 Å². The molecular weight excluding hydrogens is 386 g/mol. The van der Waals surface area contributed by atoms with E-state index in [-0.39, 0.29) is 12.8 Å². The molecule has 0 bridgehead atoms. The molecule has 1 aromatic carbocycles. The molecule has 1 aromatic rings. The average Bonchev–Trinajstić information content (AvgIpc) is 2.49. The summed E-state index contributed by atoms with van der Waals surface area (Å²) in [6.45, 7) is 6.23. The summed E-state index contributed by atoms with van der Waals surface area (Å²) in [5.41, 5.74) is 4.57. The second-order valence-corrected chi connectivity index (χ2v) is 11.1. The Labute approximate surface area is 161 Å². The van der Waals surface area contributed by atoms with E-state index in [1.807, 2.05) is 24.3 Å². The van der Waals surface area contributed by atoms with Crippen LogP contribution in [0.3, 0.4) is 0 Å². The number of allylic oxidation sites excluding steroid dienone is 3. The third-order valence-electron chi connectivity index (χ3n) is 4.16. The monoisotopic (exact) mass is 416 g/mol. The molecule has 8 heteroatoms. The molecule has 0 saturated heterocycles. The van der Waals surface area contributed by atoms with E-state index in [9.17, 15) is 9.13 Å². The Bertz CT molecular complexity index is 746. The second-order valence-electron chi connectivity index (χ2n) is 7.11. The van der Waals surface area contributed by atoms with Crippen LogP contribution in [0.5, 0.6) is 0 Å². The quantitative estimate of drug-likeness (QED) is 0.320. The van der Waals surface area contributed by atoms with Crippen LogP contribution in [0.1, 0.15) is 57.6 Å². The first-order valence-corrected chi connectivity index (χ1v) is 12.3. The average molecular weight is 416 g/mol. The predicted octanol–water partition coefficient (Wildman–Crippen LogP) is 4.84. The van der Waals surface area contributed by atoms with Crippen molar-refractivity contribution in [1.82, 2.24) is 0 Å². The van der Waals surface area contributed by atoms with Gasteiger partial charge in [0, 0.05) is 0 Å². The van der Waals surface area contributed by atoms with Crippen LogP contribution in [0.15, 0.2) is 41.5 Å². The smallest absolute Gasteiger partial charge is 0.324 e. The maximum atomic E-state index is 11.3. The third-order valence-corrected chi connectivity index (χ3v) is 8.03. The lowest BCUT2D eigenvalue weighted by atomic mass is 10.0. The van der Waals surface area contributed by atoms with Gasteiger partial charge in [0.2, 0.25) is 0 Å². The van der Waals surface area contributed by atoms with Crippen molar-refractivity contribution in [1.29, 1.82) is 0 Å². The zero-order valence-electron chi connectivity index (χ0n) is 16.1. The largest absolute Gasteiger partial charge is 0.340 e. The van der Waals surface area contributed by atoms with Gasteiger partial charge in [0.05, 0.1) is 0 Å². The Morgan fingerprint density at radius 2 is 1.70 bits per heavy atom. The van der Waals surface area contributed by atoms with E-state index in [2.05, 4.69) is 32.9 Å². The number of aryl methyl sites for hydroxylation is 1. The predicted molar refractivity (Wildman–Crippen MR) is 110 cm³/mol. The molecule has 1 rings (SSSR count). The SMILES string of the molecule is CC(C)=CCCC(C)=Cc1cccc(CCCC(P(=O)(O)O)P(=O)(O)O)c1. The van der Waals surface area contributed by atoms with Crippen LogP contribution >= 0.6 is 15.2 Å². The number of hydrogen-bond donors (Lipinski definition) is 4. The molecule has 0 unspecified atom stereocenters. The van der Waals surface area contributed by atoms with Gasteiger partial charge in [-0.3, -0.25) is 9.13 Å². The van der Waals surface area contributed by atoms with Gasteiger partial charge < -0.3 is 19.6 Å². The van der Waals surface area contributed by atoms with Gasteiger partial charge in [-0.25, -0.2) is 0 Å². The molecule has 0 aliphatic rings. The summed E-state index contributed by atoms with van der Waals surface area (Å²) in [5.74, 6) is 0. The zero-order chi connectivity index (χ0) is 20.7. The Hall–Kier alpha value is -1.00. The maximum absolute atomic E-state index is 11.3. The molecule has 6 nitrogen and oxygen atoms in total. The van der Waals surface area contributed by atoms with Gasteiger partial charge in [0.1, 0.15) is 0 Å². The van der Waals surface area contributed by atoms with E-state index >= 15 is 0 Å². The molecule has 27 heavy (non-hydrogen) atoms. The first kappa shape index (κ1) is 24.0. The number of rotatable bonds is 10. The van der Waals surface area contributed by atoms with E-state index in [1.165, 1.54) is 11.1 Å². The highest BCUT2D eigenvalue weighted by Crippen LogP contribution is 2.61. The standard InChI is InChI=1S/C19H30O6P2/c1-15(2)7-4-8-16(3)13-18-11-5-9-17(14-18)10-6-12-19(26(20,21)22)27(23,24)25/h5,7,9,11,13-14,19H,4,6,8,10,12H2,1-3H3,(H2,20,21,22)(H2,23,24,25). The normalized spacial score (nSPS) is 13.1. The van der Waals surface area contributed by atoms with Gasteiger partial charge in [-0.1, -0.05) is 47.6 Å². The fourth-order valence-electron chi connectivity index (χ4n) is 2.80. The molecule has 0 aliphatic heterocycles. The molecular formula is C19H30O6P2. The van der Waals surface area contributed by atoms with Crippen LogP contribution < -0.4 is 0 Å². The fourth-order valence-corrected chi connectivity index (χ4v) is 5.41. The van der Waals surface area contributed by atoms with E-state index < -0.39 is 20.6 Å². The molecule has 0 spiro atoms. The highest BCUT2D eigenvalue weighted by molar-refractivity contribution is 7.70. The van der Waals surface area contributed by atoms with Crippen molar-refractivity contribution >= 4 is 21.3 Å². The molecule has 0 saturated carbocycles. The van der Waals surface area contributed by atoms with Gasteiger partial charge in [0.15, 0.2) is 5.40 Å². The van der Waals surface area contributed by atoms with Crippen molar-refractivity contribution in [2.45, 2.75) is 58.3 Å². The van der Waals surface area contributed by atoms with Crippen LogP contribution in [-0.4, -0.2) is 25.0 Å². The topological polar surface area (TPSA) is 115 Å². The van der Waals surface area contributed by atoms with Crippen LogP contribution in [-0.2, 0) is 15.6 Å². The highest BCUT2D eigenvalue weighted by atomic mass is 31.2. The van der Waals surface area contributed by atoms with E-state index in [4.69, 9.17) is 19.6 Å². The summed E-state index contributed by atoms with van der Waals surface area (Å²) in [5, 5.41) is -1.93. The molecule has 0 heterocycles. The molecule has 0 amide bonds. The molecule has 0 aliphatic carbocycles. The molecule has 0 radical (unpaired) electrons. The summed E-state index contributed by atoms with van der Waals surface area (Å²) in [7, 11) is -9.68. The van der Waals surface area contributed by atoms with Crippen molar-refractivity contribution in [2.24, 2.45) is 0 Å². The summed E-state index contributed by atoms with van der Waals surface area (Å²) < 4.78 is 22.6. The van der Waals surface area contributed by atoms with Gasteiger partial charge in [0.25, 0.3) is 0 Å². The molecule has 152 valence electrons. The van der Waals surface area contributed by atoms with Gasteiger partial charge in [-0.2, -0.15) is 0 Å². The number of hydrogen-bond acceptors (Lipinski definition) is 2. The minimum atomic E-state index is -4.84. The maximum Gasteiger partial charge on any atom is 0.340 e. The molecule has 0 atom stereocenters. The summed E-state index contributed by atoms with van der Waals surface area (Å²) in [6, 6.07) is 7.80. The van der Waals surface area contributed by atoms with Crippen LogP contribution in [0.2, 0.25) is 0 Å². The van der Waals surface area contributed by atoms with Crippen molar-refractivity contribution in [3.63, 3.8) is 0 Å². The van der Waals surface area contributed by atoms with Crippen LogP contribution in [0, 0.1) is 0 Å². The van der Waals surface area contributed by atoms with Crippen molar-refractivity contribution in [3.8, 4) is 0 Å². The van der Waals surface area contributed by atoms with Crippen LogP contribution in [0.4, 0.5) is 0 Å². The third kappa shape index (κ3) is 9.66. The molecule has 4 N–H and O–H groups in total. The zero-order valence-corrected chi connectivity index (χ0v) is 17.9. The van der Waals surface area contributed by atoms with E-state index in [0.29, 0.717) is 6.42 Å². The highest BCUT2D eigenvalue weighted by Gasteiger charge is 2.42. The molecule has 0 fully saturated rings. The minimum absolute atomic E-state index is 0.226. The Balaban J connectivity index is 2.70. The Morgan fingerprint density at radius 1 is 1.07 bits per heavy atom. The van der Waals surface area contributed by atoms with E-state index in [0.717, 1.165) is 24.0 Å². The number of benzene rings is 1. The molecule has 0 aromatic heterocycles. The van der Waals surface area contributed by atoms with Gasteiger partial charge >= 0.3 is 15.2 Å². The first-order chi connectivity index (χ1) is 12.4. The lowest BCUT2D eigenvalue weighted by Gasteiger charge is -2.19.